The maximum atomic E-state index is 12.3. The van der Waals surface area contributed by atoms with Gasteiger partial charge in [-0.1, -0.05) is 22.9 Å². The highest BCUT2D eigenvalue weighted by Gasteiger charge is 2.16. The summed E-state index contributed by atoms with van der Waals surface area (Å²) in [5, 5.41) is 3.87. The Hall–Kier alpha value is -1.23. The van der Waals surface area contributed by atoms with Crippen molar-refractivity contribution in [1.82, 2.24) is 5.32 Å². The van der Waals surface area contributed by atoms with Crippen LogP contribution in [0.15, 0.2) is 18.2 Å². The summed E-state index contributed by atoms with van der Waals surface area (Å²) in [6, 6.07) is 5.35. The molecule has 1 rings (SSSR count). The summed E-state index contributed by atoms with van der Waals surface area (Å²) in [5.41, 5.74) is 0.495. The molecule has 0 radical (unpaired) electrons. The van der Waals surface area contributed by atoms with Crippen LogP contribution in [0.25, 0.3) is 0 Å². The first-order valence-corrected chi connectivity index (χ1v) is 7.37. The molecule has 0 heterocycles. The molecule has 0 bridgehead atoms. The fourth-order valence-electron chi connectivity index (χ4n) is 1.76. The van der Waals surface area contributed by atoms with Gasteiger partial charge in [-0.2, -0.15) is 0 Å². The lowest BCUT2D eigenvalue weighted by molar-refractivity contribution is 0.0931. The molecule has 4 nitrogen and oxygen atoms in total. The predicted molar refractivity (Wildman–Crippen MR) is 79.5 cm³/mol. The van der Waals surface area contributed by atoms with Crippen molar-refractivity contribution in [3.63, 3.8) is 0 Å². The number of methoxy groups -OCH3 is 2. The van der Waals surface area contributed by atoms with Gasteiger partial charge in [0.05, 0.1) is 19.8 Å². The highest BCUT2D eigenvalue weighted by Crippen LogP contribution is 2.24. The molecule has 1 aromatic rings. The van der Waals surface area contributed by atoms with E-state index in [1.165, 1.54) is 0 Å². The van der Waals surface area contributed by atoms with Crippen LogP contribution in [-0.4, -0.2) is 31.5 Å². The van der Waals surface area contributed by atoms with Crippen molar-refractivity contribution >= 4 is 21.8 Å². The number of alkyl halides is 1. The molecule has 0 saturated carbocycles. The molecule has 5 heteroatoms. The van der Waals surface area contributed by atoms with E-state index in [0.29, 0.717) is 17.1 Å². The summed E-state index contributed by atoms with van der Waals surface area (Å²) < 4.78 is 10.4. The van der Waals surface area contributed by atoms with Crippen LogP contribution in [0.1, 0.15) is 30.1 Å². The lowest BCUT2D eigenvalue weighted by Gasteiger charge is -2.17. The lowest BCUT2D eigenvalue weighted by Crippen LogP contribution is -2.34. The first-order valence-electron chi connectivity index (χ1n) is 6.25. The van der Waals surface area contributed by atoms with Crippen molar-refractivity contribution in [2.24, 2.45) is 0 Å². The number of rotatable bonds is 7. The van der Waals surface area contributed by atoms with Crippen LogP contribution in [0, 0.1) is 0 Å². The molecule has 0 aliphatic heterocycles. The zero-order valence-corrected chi connectivity index (χ0v) is 13.1. The summed E-state index contributed by atoms with van der Waals surface area (Å²) in [5.74, 6) is 1.05. The van der Waals surface area contributed by atoms with Gasteiger partial charge in [-0.05, 0) is 31.0 Å². The first-order chi connectivity index (χ1) is 9.15. The van der Waals surface area contributed by atoms with Gasteiger partial charge in [0.1, 0.15) is 11.5 Å². The molecule has 1 amide bonds. The molecule has 106 valence electrons. The molecule has 0 spiro atoms. The van der Waals surface area contributed by atoms with Gasteiger partial charge in [0.15, 0.2) is 0 Å². The maximum Gasteiger partial charge on any atom is 0.255 e. The Kier molecular flexibility index (Phi) is 6.70. The second-order valence-electron chi connectivity index (χ2n) is 4.12. The highest BCUT2D eigenvalue weighted by molar-refractivity contribution is 9.09. The van der Waals surface area contributed by atoms with E-state index < -0.39 is 0 Å². The van der Waals surface area contributed by atoms with E-state index in [0.717, 1.165) is 18.2 Å². The van der Waals surface area contributed by atoms with Crippen molar-refractivity contribution in [2.75, 3.05) is 19.5 Å². The minimum atomic E-state index is -0.136. The van der Waals surface area contributed by atoms with Crippen molar-refractivity contribution in [3.8, 4) is 11.5 Å². The van der Waals surface area contributed by atoms with Crippen LogP contribution < -0.4 is 14.8 Å². The Labute approximate surface area is 122 Å². The van der Waals surface area contributed by atoms with Gasteiger partial charge in [-0.25, -0.2) is 0 Å². The predicted octanol–water partition coefficient (Wildman–Crippen LogP) is 3.00. The SMILES string of the molecule is CCC(CCBr)NC(=O)c1cc(OC)ccc1OC. The molecule has 0 saturated heterocycles. The fraction of sp³-hybridized carbons (Fsp3) is 0.500. The van der Waals surface area contributed by atoms with E-state index >= 15 is 0 Å². The van der Waals surface area contributed by atoms with E-state index in [1.807, 2.05) is 0 Å². The maximum absolute atomic E-state index is 12.3. The normalized spacial score (nSPS) is 11.8. The van der Waals surface area contributed by atoms with Gasteiger partial charge in [0.25, 0.3) is 5.91 Å². The Balaban J connectivity index is 2.90. The van der Waals surface area contributed by atoms with Crippen molar-refractivity contribution < 1.29 is 14.3 Å². The van der Waals surface area contributed by atoms with E-state index in [1.54, 1.807) is 32.4 Å². The van der Waals surface area contributed by atoms with Crippen molar-refractivity contribution in [2.45, 2.75) is 25.8 Å². The van der Waals surface area contributed by atoms with E-state index in [-0.39, 0.29) is 11.9 Å². The van der Waals surface area contributed by atoms with E-state index in [2.05, 4.69) is 28.2 Å². The summed E-state index contributed by atoms with van der Waals surface area (Å²) in [6.45, 7) is 2.05. The molecule has 0 aliphatic carbocycles. The van der Waals surface area contributed by atoms with Gasteiger partial charge in [0, 0.05) is 11.4 Å². The first kappa shape index (κ1) is 15.8. The van der Waals surface area contributed by atoms with Gasteiger partial charge in [-0.15, -0.1) is 0 Å². The fourth-order valence-corrected chi connectivity index (χ4v) is 2.32. The Morgan fingerprint density at radius 1 is 1.37 bits per heavy atom. The number of carbonyl (C=O) groups is 1. The van der Waals surface area contributed by atoms with E-state index in [9.17, 15) is 4.79 Å². The number of halogens is 1. The van der Waals surface area contributed by atoms with Gasteiger partial charge < -0.3 is 14.8 Å². The Morgan fingerprint density at radius 2 is 2.11 bits per heavy atom. The Bertz CT molecular complexity index is 423. The summed E-state index contributed by atoms with van der Waals surface area (Å²) >= 11 is 3.39. The number of benzene rings is 1. The average Bonchev–Trinajstić information content (AvgIpc) is 2.45. The third-order valence-electron chi connectivity index (χ3n) is 2.94. The number of amides is 1. The molecule has 1 atom stereocenters. The highest BCUT2D eigenvalue weighted by atomic mass is 79.9. The molecule has 19 heavy (non-hydrogen) atoms. The molecular weight excluding hydrogens is 310 g/mol. The van der Waals surface area contributed by atoms with Gasteiger partial charge >= 0.3 is 0 Å². The van der Waals surface area contributed by atoms with Gasteiger partial charge in [-0.3, -0.25) is 4.79 Å². The van der Waals surface area contributed by atoms with Crippen molar-refractivity contribution in [1.29, 1.82) is 0 Å². The second-order valence-corrected chi connectivity index (χ2v) is 4.92. The number of hydrogen-bond donors (Lipinski definition) is 1. The number of nitrogens with one attached hydrogen (secondary N) is 1. The lowest BCUT2D eigenvalue weighted by atomic mass is 10.1. The molecular formula is C14H20BrNO3. The number of carbonyl (C=O) groups excluding carboxylic acids is 1. The molecule has 0 aromatic heterocycles. The van der Waals surface area contributed by atoms with Crippen LogP contribution in [0.5, 0.6) is 11.5 Å². The molecule has 1 aromatic carbocycles. The Morgan fingerprint density at radius 3 is 2.63 bits per heavy atom. The molecule has 1 N–H and O–H groups in total. The number of hydrogen-bond acceptors (Lipinski definition) is 3. The topological polar surface area (TPSA) is 47.6 Å². The summed E-state index contributed by atoms with van der Waals surface area (Å²) in [6.07, 6.45) is 1.79. The minimum absolute atomic E-state index is 0.136. The van der Waals surface area contributed by atoms with Crippen LogP contribution in [0.4, 0.5) is 0 Å². The van der Waals surface area contributed by atoms with Crippen LogP contribution in [-0.2, 0) is 0 Å². The summed E-state index contributed by atoms with van der Waals surface area (Å²) in [4.78, 5) is 12.3. The van der Waals surface area contributed by atoms with Crippen LogP contribution in [0.2, 0.25) is 0 Å². The molecule has 0 aliphatic rings. The monoisotopic (exact) mass is 329 g/mol. The van der Waals surface area contributed by atoms with Crippen molar-refractivity contribution in [3.05, 3.63) is 23.8 Å². The molecule has 1 unspecified atom stereocenters. The third kappa shape index (κ3) is 4.42. The standard InChI is InChI=1S/C14H20BrNO3/c1-4-10(7-8-15)16-14(17)12-9-11(18-2)5-6-13(12)19-3/h5-6,9-10H,4,7-8H2,1-3H3,(H,16,17). The molecule has 0 fully saturated rings. The van der Waals surface area contributed by atoms with Gasteiger partial charge in [0.2, 0.25) is 0 Å². The zero-order valence-electron chi connectivity index (χ0n) is 11.5. The minimum Gasteiger partial charge on any atom is -0.497 e. The average molecular weight is 330 g/mol. The summed E-state index contributed by atoms with van der Waals surface area (Å²) in [7, 11) is 3.12. The van der Waals surface area contributed by atoms with Crippen LogP contribution in [0.3, 0.4) is 0 Å². The van der Waals surface area contributed by atoms with E-state index in [4.69, 9.17) is 9.47 Å². The largest absolute Gasteiger partial charge is 0.497 e. The van der Waals surface area contributed by atoms with Crippen LogP contribution >= 0.6 is 15.9 Å². The zero-order chi connectivity index (χ0) is 14.3. The third-order valence-corrected chi connectivity index (χ3v) is 3.39. The quantitative estimate of drug-likeness (QED) is 0.782. The number of ether oxygens (including phenoxy) is 2. The smallest absolute Gasteiger partial charge is 0.255 e. The second kappa shape index (κ2) is 8.04.